The smallest absolute Gasteiger partial charge is 0.255 e. The van der Waals surface area contributed by atoms with Crippen molar-refractivity contribution < 1.29 is 22.7 Å². The first-order chi connectivity index (χ1) is 13.8. The highest BCUT2D eigenvalue weighted by Crippen LogP contribution is 2.25. The predicted molar refractivity (Wildman–Crippen MR) is 111 cm³/mol. The van der Waals surface area contributed by atoms with Gasteiger partial charge in [0.15, 0.2) is 0 Å². The summed E-state index contributed by atoms with van der Waals surface area (Å²) < 4.78 is 37.3. The Hall–Kier alpha value is -2.29. The fourth-order valence-corrected chi connectivity index (χ4v) is 4.74. The molecular formula is C20H23ClN2O5S. The number of nitrogens with zero attached hydrogens (tertiary/aromatic N) is 1. The van der Waals surface area contributed by atoms with E-state index < -0.39 is 15.9 Å². The first-order valence-corrected chi connectivity index (χ1v) is 11.1. The predicted octanol–water partition coefficient (Wildman–Crippen LogP) is 2.48. The molecule has 1 heterocycles. The van der Waals surface area contributed by atoms with Crippen LogP contribution in [0.1, 0.15) is 21.5 Å². The van der Waals surface area contributed by atoms with Gasteiger partial charge in [-0.05, 0) is 47.9 Å². The molecule has 9 heteroatoms. The summed E-state index contributed by atoms with van der Waals surface area (Å²) in [5, 5.41) is 3.03. The van der Waals surface area contributed by atoms with Crippen molar-refractivity contribution >= 4 is 27.5 Å². The molecule has 0 bridgehead atoms. The molecule has 0 unspecified atom stereocenters. The third-order valence-electron chi connectivity index (χ3n) is 4.84. The van der Waals surface area contributed by atoms with E-state index in [-0.39, 0.29) is 17.9 Å². The van der Waals surface area contributed by atoms with E-state index in [2.05, 4.69) is 5.32 Å². The zero-order valence-electron chi connectivity index (χ0n) is 16.3. The number of hydrogen-bond acceptors (Lipinski definition) is 5. The van der Waals surface area contributed by atoms with Crippen LogP contribution in [0.4, 0.5) is 0 Å². The van der Waals surface area contributed by atoms with Gasteiger partial charge in [-0.25, -0.2) is 8.42 Å². The van der Waals surface area contributed by atoms with Gasteiger partial charge in [0.05, 0.1) is 25.5 Å². The van der Waals surface area contributed by atoms with Gasteiger partial charge < -0.3 is 14.8 Å². The number of hydrogen-bond donors (Lipinski definition) is 1. The molecule has 2 aromatic carbocycles. The number of carbonyl (C=O) groups is 1. The van der Waals surface area contributed by atoms with Crippen molar-refractivity contribution in [3.63, 3.8) is 0 Å². The second-order valence-corrected chi connectivity index (χ2v) is 9.16. The number of benzene rings is 2. The lowest BCUT2D eigenvalue weighted by Crippen LogP contribution is -2.40. The third kappa shape index (κ3) is 5.01. The Labute approximate surface area is 175 Å². The van der Waals surface area contributed by atoms with E-state index in [0.29, 0.717) is 30.3 Å². The van der Waals surface area contributed by atoms with Gasteiger partial charge in [0.2, 0.25) is 10.0 Å². The van der Waals surface area contributed by atoms with Crippen molar-refractivity contribution in [1.29, 1.82) is 0 Å². The minimum atomic E-state index is -3.51. The van der Waals surface area contributed by atoms with Gasteiger partial charge in [-0.15, -0.1) is 0 Å². The number of methoxy groups -OCH3 is 2. The maximum Gasteiger partial charge on any atom is 0.255 e. The van der Waals surface area contributed by atoms with E-state index >= 15 is 0 Å². The standard InChI is InChI=1S/C20H23ClN2O5S/c1-27-17-5-3-15-13-23(9-7-14(15)11-17)29(25,26)10-8-22-20(24)18-12-16(21)4-6-19(18)28-2/h3-6,11-12H,7-10,13H2,1-2H3,(H,22,24). The monoisotopic (exact) mass is 438 g/mol. The summed E-state index contributed by atoms with van der Waals surface area (Å²) in [4.78, 5) is 12.4. The molecule has 1 N–H and O–H groups in total. The van der Waals surface area contributed by atoms with Crippen LogP contribution >= 0.6 is 11.6 Å². The summed E-state index contributed by atoms with van der Waals surface area (Å²) in [5.74, 6) is 0.514. The average molecular weight is 439 g/mol. The highest BCUT2D eigenvalue weighted by Gasteiger charge is 2.27. The first-order valence-electron chi connectivity index (χ1n) is 9.09. The van der Waals surface area contributed by atoms with E-state index in [4.69, 9.17) is 21.1 Å². The van der Waals surface area contributed by atoms with E-state index in [1.807, 2.05) is 18.2 Å². The van der Waals surface area contributed by atoms with Crippen molar-refractivity contribution in [3.8, 4) is 11.5 Å². The van der Waals surface area contributed by atoms with Crippen LogP contribution in [-0.2, 0) is 23.0 Å². The topological polar surface area (TPSA) is 84.9 Å². The Balaban J connectivity index is 1.60. The van der Waals surface area contributed by atoms with Crippen LogP contribution in [0.5, 0.6) is 11.5 Å². The van der Waals surface area contributed by atoms with Crippen molar-refractivity contribution in [3.05, 3.63) is 58.1 Å². The van der Waals surface area contributed by atoms with Crippen molar-refractivity contribution in [2.75, 3.05) is 33.1 Å². The summed E-state index contributed by atoms with van der Waals surface area (Å²) in [6.45, 7) is 0.707. The Bertz CT molecular complexity index is 1010. The number of amides is 1. The molecule has 0 spiro atoms. The van der Waals surface area contributed by atoms with Crippen molar-refractivity contribution in [2.45, 2.75) is 13.0 Å². The maximum atomic E-state index is 12.7. The molecular weight excluding hydrogens is 416 g/mol. The molecule has 0 saturated heterocycles. The molecule has 156 valence electrons. The second kappa shape index (κ2) is 9.02. The Kier molecular flexibility index (Phi) is 6.66. The molecule has 1 aliphatic rings. The largest absolute Gasteiger partial charge is 0.497 e. The molecule has 7 nitrogen and oxygen atoms in total. The zero-order chi connectivity index (χ0) is 21.0. The Morgan fingerprint density at radius 2 is 1.93 bits per heavy atom. The van der Waals surface area contributed by atoms with Crippen LogP contribution in [0, 0.1) is 0 Å². The Morgan fingerprint density at radius 1 is 1.14 bits per heavy atom. The van der Waals surface area contributed by atoms with Gasteiger partial charge in [-0.2, -0.15) is 4.31 Å². The molecule has 0 fully saturated rings. The van der Waals surface area contributed by atoms with Crippen LogP contribution < -0.4 is 14.8 Å². The van der Waals surface area contributed by atoms with E-state index in [1.54, 1.807) is 19.2 Å². The van der Waals surface area contributed by atoms with Crippen LogP contribution in [-0.4, -0.2) is 51.7 Å². The summed E-state index contributed by atoms with van der Waals surface area (Å²) in [5.41, 5.74) is 2.32. The lowest BCUT2D eigenvalue weighted by atomic mass is 10.0. The summed E-state index contributed by atoms with van der Waals surface area (Å²) in [7, 11) is -0.455. The van der Waals surface area contributed by atoms with E-state index in [1.165, 1.54) is 17.5 Å². The minimum Gasteiger partial charge on any atom is -0.497 e. The molecule has 0 aromatic heterocycles. The molecule has 2 aromatic rings. The molecule has 0 radical (unpaired) electrons. The molecule has 0 atom stereocenters. The van der Waals surface area contributed by atoms with Crippen molar-refractivity contribution in [2.24, 2.45) is 0 Å². The van der Waals surface area contributed by atoms with Crippen LogP contribution in [0.15, 0.2) is 36.4 Å². The molecule has 29 heavy (non-hydrogen) atoms. The number of nitrogens with one attached hydrogen (secondary N) is 1. The molecule has 3 rings (SSSR count). The number of ether oxygens (including phenoxy) is 2. The molecule has 0 aliphatic carbocycles. The van der Waals surface area contributed by atoms with E-state index in [0.717, 1.165) is 16.9 Å². The third-order valence-corrected chi connectivity index (χ3v) is 6.89. The van der Waals surface area contributed by atoms with Gasteiger partial charge >= 0.3 is 0 Å². The highest BCUT2D eigenvalue weighted by molar-refractivity contribution is 7.89. The Morgan fingerprint density at radius 3 is 2.66 bits per heavy atom. The maximum absolute atomic E-state index is 12.7. The van der Waals surface area contributed by atoms with Gasteiger partial charge in [0.1, 0.15) is 11.5 Å². The second-order valence-electron chi connectivity index (χ2n) is 6.63. The molecule has 0 saturated carbocycles. The fraction of sp³-hybridized carbons (Fsp3) is 0.350. The number of rotatable bonds is 7. The first kappa shape index (κ1) is 21.4. The quantitative estimate of drug-likeness (QED) is 0.717. The fourth-order valence-electron chi connectivity index (χ4n) is 3.24. The minimum absolute atomic E-state index is 0.0111. The normalized spacial score (nSPS) is 14.2. The summed E-state index contributed by atoms with van der Waals surface area (Å²) >= 11 is 5.94. The van der Waals surface area contributed by atoms with Gasteiger partial charge in [0.25, 0.3) is 5.91 Å². The lowest BCUT2D eigenvalue weighted by Gasteiger charge is -2.28. The lowest BCUT2D eigenvalue weighted by molar-refractivity contribution is 0.0953. The average Bonchev–Trinajstić information content (AvgIpc) is 2.72. The van der Waals surface area contributed by atoms with Gasteiger partial charge in [-0.1, -0.05) is 17.7 Å². The number of halogens is 1. The SMILES string of the molecule is COc1ccc2c(c1)CCN(S(=O)(=O)CCNC(=O)c1cc(Cl)ccc1OC)C2. The van der Waals surface area contributed by atoms with Gasteiger partial charge in [0, 0.05) is 24.7 Å². The molecule has 1 amide bonds. The van der Waals surface area contributed by atoms with Crippen molar-refractivity contribution in [1.82, 2.24) is 9.62 Å². The molecule has 1 aliphatic heterocycles. The summed E-state index contributed by atoms with van der Waals surface area (Å²) in [6.07, 6.45) is 0.623. The number of sulfonamides is 1. The zero-order valence-corrected chi connectivity index (χ0v) is 17.8. The van der Waals surface area contributed by atoms with Crippen LogP contribution in [0.3, 0.4) is 0 Å². The van der Waals surface area contributed by atoms with Crippen LogP contribution in [0.25, 0.3) is 0 Å². The van der Waals surface area contributed by atoms with Gasteiger partial charge in [-0.3, -0.25) is 4.79 Å². The van der Waals surface area contributed by atoms with Crippen LogP contribution in [0.2, 0.25) is 5.02 Å². The van der Waals surface area contributed by atoms with E-state index in [9.17, 15) is 13.2 Å². The number of carbonyl (C=O) groups excluding carboxylic acids is 1. The summed E-state index contributed by atoms with van der Waals surface area (Å²) in [6, 6.07) is 10.4. The highest BCUT2D eigenvalue weighted by atomic mass is 35.5. The number of fused-ring (bicyclic) bond motifs is 1.